The van der Waals surface area contributed by atoms with E-state index in [1.807, 2.05) is 13.0 Å². The molecule has 0 unspecified atom stereocenters. The summed E-state index contributed by atoms with van der Waals surface area (Å²) in [5.74, 6) is 0.474. The van der Waals surface area contributed by atoms with E-state index in [4.69, 9.17) is 9.47 Å². The van der Waals surface area contributed by atoms with Crippen LogP contribution in [0.15, 0.2) is 72.1 Å². The van der Waals surface area contributed by atoms with Crippen molar-refractivity contribution >= 4 is 29.1 Å². The molecule has 1 fully saturated rings. The fourth-order valence-electron chi connectivity index (χ4n) is 4.22. The van der Waals surface area contributed by atoms with Gasteiger partial charge in [0.05, 0.1) is 12.2 Å². The van der Waals surface area contributed by atoms with Crippen molar-refractivity contribution in [3.05, 3.63) is 89.4 Å². The highest BCUT2D eigenvalue weighted by Crippen LogP contribution is 2.30. The number of hydrogen-bond acceptors (Lipinski definition) is 6. The van der Waals surface area contributed by atoms with Crippen LogP contribution >= 0.6 is 0 Å². The molecule has 10 heteroatoms. The number of alkyl halides is 3. The van der Waals surface area contributed by atoms with Gasteiger partial charge in [-0.2, -0.15) is 13.2 Å². The summed E-state index contributed by atoms with van der Waals surface area (Å²) in [5.41, 5.74) is 2.54. The second-order valence-electron chi connectivity index (χ2n) is 9.43. The van der Waals surface area contributed by atoms with E-state index in [2.05, 4.69) is 20.6 Å². The van der Waals surface area contributed by atoms with Gasteiger partial charge in [-0.3, -0.25) is 14.8 Å². The van der Waals surface area contributed by atoms with Crippen LogP contribution in [-0.4, -0.2) is 44.0 Å². The number of carbonyl (C=O) groups is 1. The predicted molar refractivity (Wildman–Crippen MR) is 150 cm³/mol. The van der Waals surface area contributed by atoms with Crippen LogP contribution in [-0.2, 0) is 10.9 Å². The molecule has 3 aromatic rings. The molecule has 1 amide bonds. The first-order valence-corrected chi connectivity index (χ1v) is 12.9. The molecule has 1 aliphatic rings. The number of allylic oxidation sites excluding steroid dienone is 1. The highest BCUT2D eigenvalue weighted by atomic mass is 19.4. The van der Waals surface area contributed by atoms with E-state index in [1.165, 1.54) is 12.1 Å². The summed E-state index contributed by atoms with van der Waals surface area (Å²) in [5, 5.41) is 5.93. The van der Waals surface area contributed by atoms with Gasteiger partial charge < -0.3 is 20.1 Å². The number of aryl methyl sites for hydroxylation is 1. The standard InChI is InChI=1S/C30H31F3N4O3/c1-20-6-7-25(37-29(38)22-4-3-5-24(14-22)30(31,32)33)15-27(20)36-17-23(16-34-2)26-18-35-11-8-28(26)40-19-21-9-12-39-13-10-21/h3-8,11,14-18,21,36H,9-10,12-13,19H2,1-2H3,(H,37,38)/b23-17+,34-16-. The number of rotatable bonds is 9. The molecule has 4 rings (SSSR count). The molecule has 0 saturated carbocycles. The van der Waals surface area contributed by atoms with Gasteiger partial charge in [0.1, 0.15) is 5.75 Å². The van der Waals surface area contributed by atoms with Crippen molar-refractivity contribution in [3.8, 4) is 5.75 Å². The van der Waals surface area contributed by atoms with Gasteiger partial charge >= 0.3 is 6.18 Å². The van der Waals surface area contributed by atoms with E-state index < -0.39 is 17.6 Å². The molecule has 2 N–H and O–H groups in total. The number of nitrogens with zero attached hydrogens (tertiary/aromatic N) is 2. The monoisotopic (exact) mass is 552 g/mol. The number of pyridine rings is 1. The summed E-state index contributed by atoms with van der Waals surface area (Å²) in [4.78, 5) is 21.1. The molecule has 1 aromatic heterocycles. The maximum Gasteiger partial charge on any atom is 0.416 e. The van der Waals surface area contributed by atoms with Gasteiger partial charge in [0.15, 0.2) is 0 Å². The quantitative estimate of drug-likeness (QED) is 0.292. The van der Waals surface area contributed by atoms with Crippen molar-refractivity contribution in [1.29, 1.82) is 0 Å². The highest BCUT2D eigenvalue weighted by Gasteiger charge is 2.31. The van der Waals surface area contributed by atoms with Crippen molar-refractivity contribution in [2.24, 2.45) is 10.9 Å². The summed E-state index contributed by atoms with van der Waals surface area (Å²) in [6.45, 7) is 3.97. The summed E-state index contributed by atoms with van der Waals surface area (Å²) in [7, 11) is 1.67. The average molecular weight is 553 g/mol. The number of halogens is 3. The summed E-state index contributed by atoms with van der Waals surface area (Å²) in [6, 6.07) is 11.3. The van der Waals surface area contributed by atoms with Gasteiger partial charge in [-0.05, 0) is 67.6 Å². The lowest BCUT2D eigenvalue weighted by molar-refractivity contribution is -0.137. The van der Waals surface area contributed by atoms with Crippen LogP contribution in [0.2, 0.25) is 0 Å². The number of aliphatic imine (C=N–C) groups is 1. The van der Waals surface area contributed by atoms with Gasteiger partial charge in [-0.25, -0.2) is 0 Å². The predicted octanol–water partition coefficient (Wildman–Crippen LogP) is 6.62. The van der Waals surface area contributed by atoms with Crippen LogP contribution in [0.3, 0.4) is 0 Å². The number of hydrogen-bond donors (Lipinski definition) is 2. The molecule has 0 bridgehead atoms. The van der Waals surface area contributed by atoms with Crippen LogP contribution in [0, 0.1) is 12.8 Å². The second kappa shape index (κ2) is 13.3. The lowest BCUT2D eigenvalue weighted by atomic mass is 10.0. The zero-order valence-corrected chi connectivity index (χ0v) is 22.3. The summed E-state index contributed by atoms with van der Waals surface area (Å²) in [6.07, 6.45) is 4.24. The van der Waals surface area contributed by atoms with Crippen molar-refractivity contribution in [2.45, 2.75) is 25.9 Å². The van der Waals surface area contributed by atoms with Gasteiger partial charge in [0, 0.05) is 73.1 Å². The third-order valence-corrected chi connectivity index (χ3v) is 6.51. The van der Waals surface area contributed by atoms with Crippen LogP contribution in [0.25, 0.3) is 5.57 Å². The molecule has 1 saturated heterocycles. The van der Waals surface area contributed by atoms with E-state index in [0.717, 1.165) is 54.9 Å². The normalized spacial score (nSPS) is 14.8. The fourth-order valence-corrected chi connectivity index (χ4v) is 4.22. The van der Waals surface area contributed by atoms with Crippen LogP contribution in [0.4, 0.5) is 24.5 Å². The summed E-state index contributed by atoms with van der Waals surface area (Å²) < 4.78 is 50.8. The van der Waals surface area contributed by atoms with Gasteiger partial charge in [0.25, 0.3) is 5.91 Å². The molecular formula is C30H31F3N4O3. The minimum Gasteiger partial charge on any atom is -0.493 e. The molecule has 0 spiro atoms. The zero-order valence-electron chi connectivity index (χ0n) is 22.3. The fraction of sp³-hybridized carbons (Fsp3) is 0.300. The van der Waals surface area contributed by atoms with Gasteiger partial charge in [-0.15, -0.1) is 0 Å². The van der Waals surface area contributed by atoms with Crippen molar-refractivity contribution in [3.63, 3.8) is 0 Å². The Bertz CT molecular complexity index is 1380. The van der Waals surface area contributed by atoms with Crippen LogP contribution < -0.4 is 15.4 Å². The van der Waals surface area contributed by atoms with Gasteiger partial charge in [-0.1, -0.05) is 12.1 Å². The maximum atomic E-state index is 13.1. The molecule has 2 heterocycles. The number of ether oxygens (including phenoxy) is 2. The van der Waals surface area contributed by atoms with E-state index in [-0.39, 0.29) is 5.56 Å². The molecule has 0 aliphatic carbocycles. The first-order valence-electron chi connectivity index (χ1n) is 12.9. The Hall–Kier alpha value is -4.18. The smallest absolute Gasteiger partial charge is 0.416 e. The number of nitrogens with one attached hydrogen (secondary N) is 2. The zero-order chi connectivity index (χ0) is 28.5. The average Bonchev–Trinajstić information content (AvgIpc) is 2.96. The highest BCUT2D eigenvalue weighted by molar-refractivity contribution is 6.11. The third kappa shape index (κ3) is 7.69. The van der Waals surface area contributed by atoms with Gasteiger partial charge in [0.2, 0.25) is 0 Å². The lowest BCUT2D eigenvalue weighted by Gasteiger charge is -2.22. The Balaban J connectivity index is 1.51. The first-order chi connectivity index (χ1) is 19.2. The molecule has 0 radical (unpaired) electrons. The van der Waals surface area contributed by atoms with Crippen molar-refractivity contribution in [1.82, 2.24) is 4.98 Å². The molecule has 0 atom stereocenters. The number of benzene rings is 2. The van der Waals surface area contributed by atoms with Crippen molar-refractivity contribution < 1.29 is 27.4 Å². The van der Waals surface area contributed by atoms with Crippen LogP contribution in [0.5, 0.6) is 5.75 Å². The van der Waals surface area contributed by atoms with Crippen LogP contribution in [0.1, 0.15) is 39.9 Å². The Morgan fingerprint density at radius 3 is 2.73 bits per heavy atom. The number of amides is 1. The number of carbonyl (C=O) groups excluding carboxylic acids is 1. The molecule has 40 heavy (non-hydrogen) atoms. The second-order valence-corrected chi connectivity index (χ2v) is 9.43. The Morgan fingerprint density at radius 1 is 1.18 bits per heavy atom. The first kappa shape index (κ1) is 28.8. The number of aromatic nitrogens is 1. The largest absolute Gasteiger partial charge is 0.493 e. The SMILES string of the molecule is C/N=C\C(=C/Nc1cc(NC(=O)c2cccc(C(F)(F)F)c2)ccc1C)c1cnccc1OCC1CCOCC1. The number of anilines is 2. The topological polar surface area (TPSA) is 84.8 Å². The molecule has 210 valence electrons. The van der Waals surface area contributed by atoms with Crippen molar-refractivity contribution in [2.75, 3.05) is 37.5 Å². The Morgan fingerprint density at radius 2 is 1.98 bits per heavy atom. The third-order valence-electron chi connectivity index (χ3n) is 6.51. The van der Waals surface area contributed by atoms with E-state index >= 15 is 0 Å². The summed E-state index contributed by atoms with van der Waals surface area (Å²) >= 11 is 0. The molecule has 2 aromatic carbocycles. The lowest BCUT2D eigenvalue weighted by Crippen LogP contribution is -2.21. The Kier molecular flexibility index (Phi) is 9.55. The minimum atomic E-state index is -4.53. The minimum absolute atomic E-state index is 0.0869. The van der Waals surface area contributed by atoms with E-state index in [9.17, 15) is 18.0 Å². The maximum absolute atomic E-state index is 13.1. The Labute approximate surface area is 231 Å². The molecular weight excluding hydrogens is 521 g/mol. The molecule has 1 aliphatic heterocycles. The van der Waals surface area contributed by atoms with E-state index in [1.54, 1.807) is 50.1 Å². The van der Waals surface area contributed by atoms with E-state index in [0.29, 0.717) is 29.6 Å². The molecule has 7 nitrogen and oxygen atoms in total.